The van der Waals surface area contributed by atoms with E-state index in [2.05, 4.69) is 5.32 Å². The van der Waals surface area contributed by atoms with Crippen LogP contribution in [0.4, 0.5) is 23.2 Å². The van der Waals surface area contributed by atoms with E-state index in [1.54, 1.807) is 6.92 Å². The SMILES string of the molecule is CC(Nc1cc(F)c(F)c(F)c1)c1cc(F)c(Cl)cc1Cl. The van der Waals surface area contributed by atoms with Crippen LogP contribution in [0.3, 0.4) is 0 Å². The van der Waals surface area contributed by atoms with Gasteiger partial charge in [-0.2, -0.15) is 0 Å². The van der Waals surface area contributed by atoms with Crippen LogP contribution >= 0.6 is 23.2 Å². The average molecular weight is 338 g/mol. The topological polar surface area (TPSA) is 12.0 Å². The Labute approximate surface area is 128 Å². The zero-order valence-corrected chi connectivity index (χ0v) is 12.2. The van der Waals surface area contributed by atoms with Crippen molar-refractivity contribution in [1.29, 1.82) is 0 Å². The molecule has 1 N–H and O–H groups in total. The molecule has 21 heavy (non-hydrogen) atoms. The minimum Gasteiger partial charge on any atom is -0.378 e. The summed E-state index contributed by atoms with van der Waals surface area (Å²) in [5.41, 5.74) is 0.356. The van der Waals surface area contributed by atoms with E-state index in [-0.39, 0.29) is 15.7 Å². The number of hydrogen-bond acceptors (Lipinski definition) is 1. The van der Waals surface area contributed by atoms with Gasteiger partial charge >= 0.3 is 0 Å². The first-order valence-electron chi connectivity index (χ1n) is 5.85. The molecule has 0 aromatic heterocycles. The van der Waals surface area contributed by atoms with Crippen LogP contribution in [0.1, 0.15) is 18.5 Å². The number of nitrogens with one attached hydrogen (secondary N) is 1. The van der Waals surface area contributed by atoms with Crippen LogP contribution in [-0.4, -0.2) is 0 Å². The lowest BCUT2D eigenvalue weighted by atomic mass is 10.1. The molecule has 2 rings (SSSR count). The highest BCUT2D eigenvalue weighted by Crippen LogP contribution is 2.31. The van der Waals surface area contributed by atoms with E-state index in [0.717, 1.165) is 18.2 Å². The lowest BCUT2D eigenvalue weighted by molar-refractivity contribution is 0.447. The van der Waals surface area contributed by atoms with Crippen molar-refractivity contribution < 1.29 is 17.6 Å². The Hall–Kier alpha value is -1.46. The lowest BCUT2D eigenvalue weighted by Crippen LogP contribution is -2.09. The third-order valence-electron chi connectivity index (χ3n) is 2.87. The van der Waals surface area contributed by atoms with Crippen LogP contribution in [-0.2, 0) is 0 Å². The normalized spacial score (nSPS) is 12.3. The summed E-state index contributed by atoms with van der Waals surface area (Å²) in [7, 11) is 0. The van der Waals surface area contributed by atoms with Gasteiger partial charge in [0, 0.05) is 22.8 Å². The molecule has 0 bridgehead atoms. The highest BCUT2D eigenvalue weighted by molar-refractivity contribution is 6.35. The van der Waals surface area contributed by atoms with Gasteiger partial charge in [0.05, 0.1) is 11.1 Å². The molecular weight excluding hydrogens is 329 g/mol. The molecular formula is C14H9Cl2F4N. The van der Waals surface area contributed by atoms with Crippen LogP contribution in [0, 0.1) is 23.3 Å². The molecule has 0 spiro atoms. The quantitative estimate of drug-likeness (QED) is 0.429. The predicted octanol–water partition coefficient (Wildman–Crippen LogP) is 5.72. The molecule has 0 radical (unpaired) electrons. The first-order chi connectivity index (χ1) is 9.79. The molecule has 0 amide bonds. The average Bonchev–Trinajstić information content (AvgIpc) is 2.40. The van der Waals surface area contributed by atoms with Crippen molar-refractivity contribution in [3.63, 3.8) is 0 Å². The van der Waals surface area contributed by atoms with E-state index in [9.17, 15) is 17.6 Å². The van der Waals surface area contributed by atoms with Gasteiger partial charge in [0.25, 0.3) is 0 Å². The second-order valence-corrected chi connectivity index (χ2v) is 5.22. The summed E-state index contributed by atoms with van der Waals surface area (Å²) in [5.74, 6) is -4.86. The fourth-order valence-electron chi connectivity index (χ4n) is 1.84. The minimum atomic E-state index is -1.55. The Morgan fingerprint density at radius 3 is 2.00 bits per heavy atom. The number of rotatable bonds is 3. The van der Waals surface area contributed by atoms with Gasteiger partial charge in [-0.3, -0.25) is 0 Å². The summed E-state index contributed by atoms with van der Waals surface area (Å²) in [6.07, 6.45) is 0. The van der Waals surface area contributed by atoms with E-state index >= 15 is 0 Å². The number of benzene rings is 2. The molecule has 112 valence electrons. The van der Waals surface area contributed by atoms with Crippen molar-refractivity contribution in [2.75, 3.05) is 5.32 Å². The van der Waals surface area contributed by atoms with Crippen LogP contribution in [0.25, 0.3) is 0 Å². The molecule has 2 aromatic carbocycles. The first-order valence-corrected chi connectivity index (χ1v) is 6.60. The van der Waals surface area contributed by atoms with Crippen LogP contribution < -0.4 is 5.32 Å². The minimum absolute atomic E-state index is 0.00493. The zero-order valence-electron chi connectivity index (χ0n) is 10.7. The Bertz CT molecular complexity index is 668. The van der Waals surface area contributed by atoms with Crippen molar-refractivity contribution in [2.45, 2.75) is 13.0 Å². The highest BCUT2D eigenvalue weighted by Gasteiger charge is 2.16. The van der Waals surface area contributed by atoms with E-state index in [4.69, 9.17) is 23.2 Å². The van der Waals surface area contributed by atoms with Crippen molar-refractivity contribution in [3.05, 3.63) is 63.1 Å². The first kappa shape index (κ1) is 15.9. The third kappa shape index (κ3) is 3.41. The van der Waals surface area contributed by atoms with Crippen LogP contribution in [0.15, 0.2) is 24.3 Å². The lowest BCUT2D eigenvalue weighted by Gasteiger charge is -2.18. The van der Waals surface area contributed by atoms with Gasteiger partial charge in [-0.15, -0.1) is 0 Å². The van der Waals surface area contributed by atoms with Gasteiger partial charge in [0.2, 0.25) is 0 Å². The number of halogens is 6. The molecule has 0 saturated carbocycles. The van der Waals surface area contributed by atoms with Crippen LogP contribution in [0.2, 0.25) is 10.0 Å². The summed E-state index contributed by atoms with van der Waals surface area (Å²) < 4.78 is 52.6. The summed E-state index contributed by atoms with van der Waals surface area (Å²) in [4.78, 5) is 0. The Morgan fingerprint density at radius 1 is 0.857 bits per heavy atom. The van der Waals surface area contributed by atoms with E-state index in [1.165, 1.54) is 6.07 Å². The molecule has 7 heteroatoms. The smallest absolute Gasteiger partial charge is 0.194 e. The zero-order chi connectivity index (χ0) is 15.7. The molecule has 2 aromatic rings. The fourth-order valence-corrected chi connectivity index (χ4v) is 2.38. The second-order valence-electron chi connectivity index (χ2n) is 4.41. The molecule has 0 heterocycles. The largest absolute Gasteiger partial charge is 0.378 e. The van der Waals surface area contributed by atoms with Gasteiger partial charge in [0.15, 0.2) is 17.5 Å². The Balaban J connectivity index is 2.30. The molecule has 1 nitrogen and oxygen atoms in total. The van der Waals surface area contributed by atoms with Gasteiger partial charge in [-0.25, -0.2) is 17.6 Å². The second kappa shape index (κ2) is 6.12. The molecule has 0 fully saturated rings. The monoisotopic (exact) mass is 337 g/mol. The number of anilines is 1. The molecule has 1 atom stereocenters. The van der Waals surface area contributed by atoms with Gasteiger partial charge < -0.3 is 5.32 Å². The summed E-state index contributed by atoms with van der Waals surface area (Å²) in [6.45, 7) is 1.60. The Morgan fingerprint density at radius 2 is 1.43 bits per heavy atom. The van der Waals surface area contributed by atoms with Gasteiger partial charge in [0.1, 0.15) is 5.82 Å². The third-order valence-corrected chi connectivity index (χ3v) is 3.49. The molecule has 0 aliphatic rings. The molecule has 0 aliphatic carbocycles. The maximum atomic E-state index is 13.5. The van der Waals surface area contributed by atoms with Gasteiger partial charge in [-0.05, 0) is 24.6 Å². The maximum Gasteiger partial charge on any atom is 0.194 e. The van der Waals surface area contributed by atoms with Crippen molar-refractivity contribution >= 4 is 28.9 Å². The van der Waals surface area contributed by atoms with Crippen molar-refractivity contribution in [1.82, 2.24) is 0 Å². The van der Waals surface area contributed by atoms with E-state index in [0.29, 0.717) is 5.56 Å². The predicted molar refractivity (Wildman–Crippen MR) is 74.8 cm³/mol. The van der Waals surface area contributed by atoms with Crippen LogP contribution in [0.5, 0.6) is 0 Å². The van der Waals surface area contributed by atoms with Crippen molar-refractivity contribution in [3.8, 4) is 0 Å². The Kier molecular flexibility index (Phi) is 4.64. The van der Waals surface area contributed by atoms with Gasteiger partial charge in [-0.1, -0.05) is 23.2 Å². The summed E-state index contributed by atoms with van der Waals surface area (Å²) in [6, 6.07) is 3.38. The van der Waals surface area contributed by atoms with Crippen molar-refractivity contribution in [2.24, 2.45) is 0 Å². The van der Waals surface area contributed by atoms with E-state index in [1.807, 2.05) is 0 Å². The molecule has 0 saturated heterocycles. The van der Waals surface area contributed by atoms with E-state index < -0.39 is 29.3 Å². The summed E-state index contributed by atoms with van der Waals surface area (Å²) >= 11 is 11.5. The fraction of sp³-hybridized carbons (Fsp3) is 0.143. The standard InChI is InChI=1S/C14H9Cl2F4N/c1-6(8-4-11(17)10(16)5-9(8)15)21-7-2-12(18)14(20)13(19)3-7/h2-6,21H,1H3. The highest BCUT2D eigenvalue weighted by atomic mass is 35.5. The number of hydrogen-bond donors (Lipinski definition) is 1. The molecule has 1 unspecified atom stereocenters. The maximum absolute atomic E-state index is 13.5. The molecule has 0 aliphatic heterocycles. The summed E-state index contributed by atoms with van der Waals surface area (Å²) in [5, 5.41) is 2.78.